The number of carbonyl (C=O) groups excluding carboxylic acids is 1. The largest absolute Gasteiger partial charge is 0.457 e. The van der Waals surface area contributed by atoms with Crippen LogP contribution in [0.3, 0.4) is 0 Å². The van der Waals surface area contributed by atoms with Crippen LogP contribution in [0.4, 0.5) is 0 Å². The first kappa shape index (κ1) is 18.3. The summed E-state index contributed by atoms with van der Waals surface area (Å²) >= 11 is 0. The predicted molar refractivity (Wildman–Crippen MR) is 77.9 cm³/mol. The van der Waals surface area contributed by atoms with E-state index in [1.165, 1.54) is 0 Å². The van der Waals surface area contributed by atoms with E-state index >= 15 is 0 Å². The van der Waals surface area contributed by atoms with Gasteiger partial charge in [0.1, 0.15) is 6.10 Å². The van der Waals surface area contributed by atoms with Crippen LogP contribution in [0, 0.1) is 0 Å². The van der Waals surface area contributed by atoms with Crippen molar-refractivity contribution in [3.8, 4) is 0 Å². The van der Waals surface area contributed by atoms with Crippen LogP contribution in [0.15, 0.2) is 12.2 Å². The zero-order valence-electron chi connectivity index (χ0n) is 10.7. The van der Waals surface area contributed by atoms with Gasteiger partial charge in [-0.1, -0.05) is 27.4 Å². The van der Waals surface area contributed by atoms with Gasteiger partial charge in [-0.3, -0.25) is 0 Å². The Labute approximate surface area is 116 Å². The van der Waals surface area contributed by atoms with Crippen molar-refractivity contribution >= 4 is 29.9 Å². The predicted octanol–water partition coefficient (Wildman–Crippen LogP) is 3.02. The molecule has 0 aliphatic heterocycles. The molecule has 0 aliphatic rings. The Kier molecular flexibility index (Phi) is 9.20. The van der Waals surface area contributed by atoms with Crippen molar-refractivity contribution in [2.45, 2.75) is 58.6 Å². The molecule has 0 aliphatic carbocycles. The fraction of sp³-hybridized carbons (Fsp3) is 0.750. The quantitative estimate of drug-likeness (QED) is 0.459. The zero-order valence-corrected chi connectivity index (χ0v) is 13.0. The molecule has 2 N–H and O–H groups in total. The first-order valence-corrected chi connectivity index (χ1v) is 5.56. The normalized spacial score (nSPS) is 12.6. The Hall–Kier alpha value is -0.100. The summed E-state index contributed by atoms with van der Waals surface area (Å²) in [5.74, 6) is -0.349. The van der Waals surface area contributed by atoms with Crippen LogP contribution in [0.1, 0.15) is 47.0 Å². The minimum absolute atomic E-state index is 0. The van der Waals surface area contributed by atoms with E-state index in [9.17, 15) is 4.79 Å². The molecule has 0 aromatic carbocycles. The molecule has 0 amide bonds. The van der Waals surface area contributed by atoms with Gasteiger partial charge in [0.15, 0.2) is 0 Å². The summed E-state index contributed by atoms with van der Waals surface area (Å²) in [6.45, 7) is 11.2. The van der Waals surface area contributed by atoms with Crippen LogP contribution in [0.2, 0.25) is 0 Å². The fourth-order valence-electron chi connectivity index (χ4n) is 1.54. The smallest absolute Gasteiger partial charge is 0.333 e. The number of rotatable bonds is 6. The van der Waals surface area contributed by atoms with Crippen LogP contribution in [-0.4, -0.2) is 17.6 Å². The molecule has 0 radical (unpaired) electrons. The standard InChI is InChI=1S/C12H23NO2.HI/c1-6-10(12(13,7-2)8-3)15-11(14)9(4)5;/h10H,4,6-8,13H2,1-3,5H3;1H. The first-order valence-electron chi connectivity index (χ1n) is 5.56. The van der Waals surface area contributed by atoms with Crippen molar-refractivity contribution in [2.24, 2.45) is 5.73 Å². The van der Waals surface area contributed by atoms with Crippen molar-refractivity contribution in [3.05, 3.63) is 12.2 Å². The highest BCUT2D eigenvalue weighted by Gasteiger charge is 2.33. The number of nitrogens with two attached hydrogens (primary N) is 1. The molecule has 0 saturated heterocycles. The highest BCUT2D eigenvalue weighted by Crippen LogP contribution is 2.22. The maximum absolute atomic E-state index is 11.4. The van der Waals surface area contributed by atoms with E-state index in [2.05, 4.69) is 6.58 Å². The van der Waals surface area contributed by atoms with Gasteiger partial charge in [-0.05, 0) is 26.2 Å². The average molecular weight is 341 g/mol. The lowest BCUT2D eigenvalue weighted by molar-refractivity contribution is -0.148. The number of esters is 1. The van der Waals surface area contributed by atoms with Gasteiger partial charge in [0.25, 0.3) is 0 Å². The molecule has 1 unspecified atom stereocenters. The molecule has 4 heteroatoms. The highest BCUT2D eigenvalue weighted by molar-refractivity contribution is 14.0. The number of hydrogen-bond donors (Lipinski definition) is 1. The summed E-state index contributed by atoms with van der Waals surface area (Å²) < 4.78 is 5.34. The highest BCUT2D eigenvalue weighted by atomic mass is 127. The Morgan fingerprint density at radius 2 is 1.81 bits per heavy atom. The lowest BCUT2D eigenvalue weighted by Crippen LogP contribution is -2.51. The Morgan fingerprint density at radius 1 is 1.38 bits per heavy atom. The molecule has 0 bridgehead atoms. The number of hydrogen-bond acceptors (Lipinski definition) is 3. The molecular weight excluding hydrogens is 317 g/mol. The molecule has 0 rings (SSSR count). The third-order valence-corrected chi connectivity index (χ3v) is 2.93. The number of halogens is 1. The molecule has 3 nitrogen and oxygen atoms in total. The molecule has 0 fully saturated rings. The SMILES string of the molecule is C=C(C)C(=O)OC(CC)C(N)(CC)CC.I. The van der Waals surface area contributed by atoms with Gasteiger partial charge in [-0.15, -0.1) is 24.0 Å². The van der Waals surface area contributed by atoms with Crippen LogP contribution >= 0.6 is 24.0 Å². The van der Waals surface area contributed by atoms with Crippen molar-refractivity contribution < 1.29 is 9.53 Å². The van der Waals surface area contributed by atoms with Gasteiger partial charge in [-0.25, -0.2) is 4.79 Å². The molecule has 0 aromatic rings. The van der Waals surface area contributed by atoms with Crippen molar-refractivity contribution in [2.75, 3.05) is 0 Å². The minimum Gasteiger partial charge on any atom is -0.457 e. The van der Waals surface area contributed by atoms with E-state index in [0.29, 0.717) is 5.57 Å². The van der Waals surface area contributed by atoms with Crippen molar-refractivity contribution in [1.29, 1.82) is 0 Å². The molecule has 16 heavy (non-hydrogen) atoms. The van der Waals surface area contributed by atoms with Gasteiger partial charge >= 0.3 is 5.97 Å². The van der Waals surface area contributed by atoms with Gasteiger partial charge in [-0.2, -0.15) is 0 Å². The maximum atomic E-state index is 11.4. The average Bonchev–Trinajstić information content (AvgIpc) is 2.24. The second-order valence-electron chi connectivity index (χ2n) is 4.02. The van der Waals surface area contributed by atoms with Crippen LogP contribution in [-0.2, 0) is 9.53 Å². The number of carbonyl (C=O) groups is 1. The second kappa shape index (κ2) is 8.06. The maximum Gasteiger partial charge on any atom is 0.333 e. The van der Waals surface area contributed by atoms with Crippen LogP contribution in [0.25, 0.3) is 0 Å². The molecule has 0 spiro atoms. The molecule has 96 valence electrons. The van der Waals surface area contributed by atoms with E-state index < -0.39 is 5.54 Å². The van der Waals surface area contributed by atoms with Gasteiger partial charge in [0.2, 0.25) is 0 Å². The lowest BCUT2D eigenvalue weighted by atomic mass is 9.86. The third kappa shape index (κ3) is 4.82. The Bertz CT molecular complexity index is 237. The monoisotopic (exact) mass is 341 g/mol. The van der Waals surface area contributed by atoms with E-state index in [1.807, 2.05) is 20.8 Å². The Balaban J connectivity index is 0. The van der Waals surface area contributed by atoms with E-state index in [-0.39, 0.29) is 36.0 Å². The topological polar surface area (TPSA) is 52.3 Å². The number of ether oxygens (including phenoxy) is 1. The van der Waals surface area contributed by atoms with Gasteiger partial charge in [0, 0.05) is 5.57 Å². The van der Waals surface area contributed by atoms with Gasteiger partial charge in [0.05, 0.1) is 5.54 Å². The summed E-state index contributed by atoms with van der Waals surface area (Å²) in [6, 6.07) is 0. The summed E-state index contributed by atoms with van der Waals surface area (Å²) in [5, 5.41) is 0. The summed E-state index contributed by atoms with van der Waals surface area (Å²) in [4.78, 5) is 11.4. The molecule has 0 heterocycles. The molecular formula is C12H24INO2. The van der Waals surface area contributed by atoms with E-state index in [0.717, 1.165) is 19.3 Å². The molecule has 0 saturated carbocycles. The van der Waals surface area contributed by atoms with Gasteiger partial charge < -0.3 is 10.5 Å². The first-order chi connectivity index (χ1) is 6.91. The fourth-order valence-corrected chi connectivity index (χ4v) is 1.54. The van der Waals surface area contributed by atoms with Crippen molar-refractivity contribution in [1.82, 2.24) is 0 Å². The summed E-state index contributed by atoms with van der Waals surface area (Å²) in [7, 11) is 0. The molecule has 0 aromatic heterocycles. The van der Waals surface area contributed by atoms with Crippen LogP contribution in [0.5, 0.6) is 0 Å². The van der Waals surface area contributed by atoms with E-state index in [1.54, 1.807) is 6.92 Å². The second-order valence-corrected chi connectivity index (χ2v) is 4.02. The van der Waals surface area contributed by atoms with E-state index in [4.69, 9.17) is 10.5 Å². The summed E-state index contributed by atoms with van der Waals surface area (Å²) in [5.41, 5.74) is 6.20. The zero-order chi connectivity index (χ0) is 12.1. The lowest BCUT2D eigenvalue weighted by Gasteiger charge is -2.34. The molecule has 1 atom stereocenters. The summed E-state index contributed by atoms with van der Waals surface area (Å²) in [6.07, 6.45) is 2.10. The van der Waals surface area contributed by atoms with Crippen molar-refractivity contribution in [3.63, 3.8) is 0 Å². The minimum atomic E-state index is -0.417. The van der Waals surface area contributed by atoms with Crippen LogP contribution < -0.4 is 5.73 Å². The Morgan fingerprint density at radius 3 is 2.06 bits per heavy atom. The third-order valence-electron chi connectivity index (χ3n) is 2.93.